The maximum absolute atomic E-state index is 13.6. The molecule has 4 heteroatoms. The van der Waals surface area contributed by atoms with Crippen LogP contribution in [-0.4, -0.2) is 18.2 Å². The first-order valence-corrected chi connectivity index (χ1v) is 6.65. The second kappa shape index (κ2) is 5.55. The Kier molecular flexibility index (Phi) is 4.25. The molecule has 1 heterocycles. The highest BCUT2D eigenvalue weighted by atomic mass is 35.5. The Morgan fingerprint density at radius 1 is 1.50 bits per heavy atom. The van der Waals surface area contributed by atoms with Crippen LogP contribution in [0.4, 0.5) is 4.39 Å². The van der Waals surface area contributed by atoms with E-state index in [0.29, 0.717) is 23.2 Å². The summed E-state index contributed by atoms with van der Waals surface area (Å²) in [5.74, 6) is -0.210. The summed E-state index contributed by atoms with van der Waals surface area (Å²) >= 11 is 5.87. The van der Waals surface area contributed by atoms with Gasteiger partial charge in [-0.25, -0.2) is 4.39 Å². The van der Waals surface area contributed by atoms with E-state index in [-0.39, 0.29) is 11.4 Å². The quantitative estimate of drug-likeness (QED) is 0.908. The molecule has 2 nitrogen and oxygen atoms in total. The van der Waals surface area contributed by atoms with E-state index in [0.717, 1.165) is 19.4 Å². The van der Waals surface area contributed by atoms with Crippen molar-refractivity contribution in [3.05, 3.63) is 34.6 Å². The molecular weight excluding hydrogens is 253 g/mol. The molecule has 0 spiro atoms. The van der Waals surface area contributed by atoms with Crippen LogP contribution in [0.3, 0.4) is 0 Å². The van der Waals surface area contributed by atoms with Gasteiger partial charge in [0, 0.05) is 29.8 Å². The lowest BCUT2D eigenvalue weighted by molar-refractivity contribution is -0.0630. The molecule has 1 unspecified atom stereocenters. The van der Waals surface area contributed by atoms with Gasteiger partial charge < -0.3 is 10.1 Å². The first-order chi connectivity index (χ1) is 8.46. The molecule has 1 N–H and O–H groups in total. The van der Waals surface area contributed by atoms with E-state index in [9.17, 15) is 4.39 Å². The maximum Gasteiger partial charge on any atom is 0.127 e. The van der Waals surface area contributed by atoms with E-state index in [1.807, 2.05) is 0 Å². The van der Waals surface area contributed by atoms with E-state index in [2.05, 4.69) is 19.2 Å². The van der Waals surface area contributed by atoms with Crippen LogP contribution in [0.15, 0.2) is 18.2 Å². The van der Waals surface area contributed by atoms with Crippen molar-refractivity contribution in [2.24, 2.45) is 0 Å². The molecule has 0 radical (unpaired) electrons. The van der Waals surface area contributed by atoms with E-state index in [1.165, 1.54) is 6.07 Å². The van der Waals surface area contributed by atoms with Crippen molar-refractivity contribution in [2.75, 3.05) is 6.61 Å². The average molecular weight is 272 g/mol. The zero-order valence-electron chi connectivity index (χ0n) is 10.8. The van der Waals surface area contributed by atoms with Gasteiger partial charge in [0.05, 0.1) is 5.60 Å². The zero-order valence-corrected chi connectivity index (χ0v) is 11.6. The zero-order chi connectivity index (χ0) is 13.2. The van der Waals surface area contributed by atoms with Crippen LogP contribution in [0.1, 0.15) is 32.3 Å². The minimum Gasteiger partial charge on any atom is -0.375 e. The third-order valence-electron chi connectivity index (χ3n) is 3.29. The summed E-state index contributed by atoms with van der Waals surface area (Å²) in [7, 11) is 0. The molecule has 1 aromatic carbocycles. The van der Waals surface area contributed by atoms with Crippen molar-refractivity contribution in [3.8, 4) is 0 Å². The van der Waals surface area contributed by atoms with Gasteiger partial charge in [0.2, 0.25) is 0 Å². The minimum atomic E-state index is -0.210. The number of benzene rings is 1. The number of rotatable bonds is 3. The lowest BCUT2D eigenvalue weighted by Crippen LogP contribution is -2.43. The van der Waals surface area contributed by atoms with Crippen molar-refractivity contribution in [2.45, 2.75) is 44.9 Å². The Balaban J connectivity index is 1.93. The van der Waals surface area contributed by atoms with Crippen molar-refractivity contribution >= 4 is 11.6 Å². The van der Waals surface area contributed by atoms with Gasteiger partial charge >= 0.3 is 0 Å². The second-order valence-corrected chi connectivity index (χ2v) is 5.85. The molecule has 1 aliphatic rings. The second-order valence-electron chi connectivity index (χ2n) is 5.41. The van der Waals surface area contributed by atoms with Crippen molar-refractivity contribution < 1.29 is 9.13 Å². The van der Waals surface area contributed by atoms with Gasteiger partial charge in [0.15, 0.2) is 0 Å². The van der Waals surface area contributed by atoms with Gasteiger partial charge in [-0.05, 0) is 44.9 Å². The molecule has 1 atom stereocenters. The summed E-state index contributed by atoms with van der Waals surface area (Å²) in [5, 5.41) is 3.95. The summed E-state index contributed by atoms with van der Waals surface area (Å²) in [6.45, 7) is 5.43. The molecule has 0 amide bonds. The first kappa shape index (κ1) is 13.8. The monoisotopic (exact) mass is 271 g/mol. The number of hydrogen-bond donors (Lipinski definition) is 1. The van der Waals surface area contributed by atoms with Crippen LogP contribution in [0.2, 0.25) is 5.02 Å². The van der Waals surface area contributed by atoms with Crippen molar-refractivity contribution in [3.63, 3.8) is 0 Å². The molecule has 1 aliphatic heterocycles. The van der Waals surface area contributed by atoms with Gasteiger partial charge in [-0.2, -0.15) is 0 Å². The summed E-state index contributed by atoms with van der Waals surface area (Å²) in [5.41, 5.74) is 0.523. The molecule has 0 saturated carbocycles. The van der Waals surface area contributed by atoms with Crippen LogP contribution < -0.4 is 5.32 Å². The predicted octanol–water partition coefficient (Wildman–Crippen LogP) is 3.53. The SMILES string of the molecule is CC1(C)CC(NCc2cc(Cl)ccc2F)CCO1. The molecular formula is C14H19ClFNO. The Hall–Kier alpha value is -0.640. The van der Waals surface area contributed by atoms with E-state index in [4.69, 9.17) is 16.3 Å². The Labute approximate surface area is 112 Å². The van der Waals surface area contributed by atoms with Crippen LogP contribution in [0.25, 0.3) is 0 Å². The summed E-state index contributed by atoms with van der Waals surface area (Å²) in [6, 6.07) is 5.02. The van der Waals surface area contributed by atoms with Crippen LogP contribution in [0, 0.1) is 5.82 Å². The average Bonchev–Trinajstić information content (AvgIpc) is 2.29. The van der Waals surface area contributed by atoms with Gasteiger partial charge in [0.1, 0.15) is 5.82 Å². The lowest BCUT2D eigenvalue weighted by atomic mass is 9.94. The largest absolute Gasteiger partial charge is 0.375 e. The molecule has 100 valence electrons. The minimum absolute atomic E-state index is 0.0945. The number of ether oxygens (including phenoxy) is 1. The maximum atomic E-state index is 13.6. The van der Waals surface area contributed by atoms with Gasteiger partial charge in [0.25, 0.3) is 0 Å². The molecule has 1 aromatic rings. The third kappa shape index (κ3) is 3.67. The Morgan fingerprint density at radius 3 is 3.00 bits per heavy atom. The topological polar surface area (TPSA) is 21.3 Å². The third-order valence-corrected chi connectivity index (χ3v) is 3.52. The molecule has 18 heavy (non-hydrogen) atoms. The summed E-state index contributed by atoms with van der Waals surface area (Å²) in [4.78, 5) is 0. The Morgan fingerprint density at radius 2 is 2.28 bits per heavy atom. The van der Waals surface area contributed by atoms with E-state index >= 15 is 0 Å². The molecule has 1 fully saturated rings. The molecule has 0 bridgehead atoms. The fraction of sp³-hybridized carbons (Fsp3) is 0.571. The lowest BCUT2D eigenvalue weighted by Gasteiger charge is -2.36. The first-order valence-electron chi connectivity index (χ1n) is 6.27. The van der Waals surface area contributed by atoms with E-state index in [1.54, 1.807) is 12.1 Å². The van der Waals surface area contributed by atoms with Crippen LogP contribution >= 0.6 is 11.6 Å². The highest BCUT2D eigenvalue weighted by molar-refractivity contribution is 6.30. The van der Waals surface area contributed by atoms with Gasteiger partial charge in [-0.15, -0.1) is 0 Å². The predicted molar refractivity (Wildman–Crippen MR) is 71.3 cm³/mol. The van der Waals surface area contributed by atoms with Crippen molar-refractivity contribution in [1.29, 1.82) is 0 Å². The van der Waals surface area contributed by atoms with Gasteiger partial charge in [-0.3, -0.25) is 0 Å². The molecule has 1 saturated heterocycles. The normalized spacial score (nSPS) is 23.0. The van der Waals surface area contributed by atoms with Crippen LogP contribution in [-0.2, 0) is 11.3 Å². The number of hydrogen-bond acceptors (Lipinski definition) is 2. The fourth-order valence-electron chi connectivity index (χ4n) is 2.34. The smallest absolute Gasteiger partial charge is 0.127 e. The van der Waals surface area contributed by atoms with E-state index < -0.39 is 0 Å². The number of nitrogens with one attached hydrogen (secondary N) is 1. The standard InChI is InChI=1S/C14H19ClFNO/c1-14(2)8-12(5-6-18-14)17-9-10-7-11(15)3-4-13(10)16/h3-4,7,12,17H,5-6,8-9H2,1-2H3. The number of halogens is 2. The summed E-state index contributed by atoms with van der Waals surface area (Å²) in [6.07, 6.45) is 1.90. The highest BCUT2D eigenvalue weighted by Crippen LogP contribution is 2.24. The highest BCUT2D eigenvalue weighted by Gasteiger charge is 2.28. The van der Waals surface area contributed by atoms with Crippen LogP contribution in [0.5, 0.6) is 0 Å². The fourth-order valence-corrected chi connectivity index (χ4v) is 2.53. The Bertz CT molecular complexity index is 422. The van der Waals surface area contributed by atoms with Crippen molar-refractivity contribution in [1.82, 2.24) is 5.32 Å². The summed E-state index contributed by atoms with van der Waals surface area (Å²) < 4.78 is 19.2. The van der Waals surface area contributed by atoms with Gasteiger partial charge in [-0.1, -0.05) is 11.6 Å². The molecule has 2 rings (SSSR count). The molecule has 0 aliphatic carbocycles. The molecule has 0 aromatic heterocycles.